The number of halogens is 3. The lowest BCUT2D eigenvalue weighted by molar-refractivity contribution is -0.134. The molecule has 0 aromatic carbocycles. The van der Waals surface area contributed by atoms with Gasteiger partial charge in [-0.15, -0.1) is 0 Å². The third-order valence-corrected chi connectivity index (χ3v) is 5.44. The van der Waals surface area contributed by atoms with Crippen molar-refractivity contribution in [3.05, 3.63) is 0 Å². The highest BCUT2D eigenvalue weighted by atomic mass is 32.2. The zero-order valence-corrected chi connectivity index (χ0v) is 12.2. The van der Waals surface area contributed by atoms with Crippen molar-refractivity contribution in [1.82, 2.24) is 4.31 Å². The molecule has 1 aliphatic heterocycles. The molecule has 1 saturated heterocycles. The first-order chi connectivity index (χ1) is 9.19. The maximum atomic E-state index is 12.1. The summed E-state index contributed by atoms with van der Waals surface area (Å²) < 4.78 is 66.8. The van der Waals surface area contributed by atoms with Crippen LogP contribution in [0.1, 0.15) is 25.7 Å². The number of hydrogen-bond acceptors (Lipinski definition) is 4. The van der Waals surface area contributed by atoms with E-state index in [1.54, 1.807) is 7.11 Å². The first kappa shape index (κ1) is 17.7. The van der Waals surface area contributed by atoms with Gasteiger partial charge >= 0.3 is 6.18 Å². The van der Waals surface area contributed by atoms with Crippen molar-refractivity contribution in [3.63, 3.8) is 0 Å². The molecule has 0 aliphatic carbocycles. The van der Waals surface area contributed by atoms with E-state index in [-0.39, 0.29) is 19.2 Å². The summed E-state index contributed by atoms with van der Waals surface area (Å²) in [6.07, 6.45) is -4.88. The highest BCUT2D eigenvalue weighted by Gasteiger charge is 2.36. The molecule has 9 heteroatoms. The number of alkyl halides is 3. The van der Waals surface area contributed by atoms with Crippen molar-refractivity contribution in [2.24, 2.45) is 5.73 Å². The lowest BCUT2D eigenvalue weighted by Gasteiger charge is -2.37. The number of nitrogens with two attached hydrogens (primary N) is 1. The van der Waals surface area contributed by atoms with Crippen LogP contribution in [0, 0.1) is 0 Å². The summed E-state index contributed by atoms with van der Waals surface area (Å²) in [5, 5.41) is 0. The minimum atomic E-state index is -4.33. The average Bonchev–Trinajstić information content (AvgIpc) is 2.36. The Morgan fingerprint density at radius 1 is 1.40 bits per heavy atom. The number of hydrogen-bond donors (Lipinski definition) is 1. The van der Waals surface area contributed by atoms with Crippen LogP contribution in [0.25, 0.3) is 0 Å². The maximum Gasteiger partial charge on any atom is 0.389 e. The standard InChI is InChI=1S/C11H21F3N2O3S/c1-19-10-3-5-16(9(7-10)8-15)20(17,18)6-2-4-11(12,13)14/h9-10H,2-8,15H2,1H3. The Morgan fingerprint density at radius 3 is 2.55 bits per heavy atom. The Morgan fingerprint density at radius 2 is 2.05 bits per heavy atom. The fourth-order valence-corrected chi connectivity index (χ4v) is 4.11. The van der Waals surface area contributed by atoms with Crippen molar-refractivity contribution < 1.29 is 26.3 Å². The molecule has 5 nitrogen and oxygen atoms in total. The van der Waals surface area contributed by atoms with Gasteiger partial charge in [0.1, 0.15) is 0 Å². The molecular formula is C11H21F3N2O3S. The molecule has 120 valence electrons. The van der Waals surface area contributed by atoms with Crippen LogP contribution in [0.5, 0.6) is 0 Å². The van der Waals surface area contributed by atoms with Crippen molar-refractivity contribution in [2.45, 2.75) is 44.0 Å². The van der Waals surface area contributed by atoms with Crippen LogP contribution in [0.3, 0.4) is 0 Å². The third kappa shape index (κ3) is 5.19. The summed E-state index contributed by atoms with van der Waals surface area (Å²) in [4.78, 5) is 0. The number of ether oxygens (including phenoxy) is 1. The van der Waals surface area contributed by atoms with Crippen LogP contribution in [0.15, 0.2) is 0 Å². The molecule has 0 saturated carbocycles. The van der Waals surface area contributed by atoms with E-state index in [4.69, 9.17) is 10.5 Å². The van der Waals surface area contributed by atoms with E-state index in [1.807, 2.05) is 0 Å². The average molecular weight is 318 g/mol. The van der Waals surface area contributed by atoms with E-state index in [9.17, 15) is 21.6 Å². The second-order valence-corrected chi connectivity index (χ2v) is 6.96. The molecule has 2 atom stereocenters. The summed E-state index contributed by atoms with van der Waals surface area (Å²) in [5.74, 6) is -0.499. The number of rotatable bonds is 6. The van der Waals surface area contributed by atoms with Gasteiger partial charge in [0, 0.05) is 32.7 Å². The minimum Gasteiger partial charge on any atom is -0.381 e. The van der Waals surface area contributed by atoms with Crippen molar-refractivity contribution >= 4 is 10.0 Å². The molecule has 20 heavy (non-hydrogen) atoms. The Labute approximate surface area is 117 Å². The highest BCUT2D eigenvalue weighted by Crippen LogP contribution is 2.25. The van der Waals surface area contributed by atoms with Gasteiger partial charge in [-0.05, 0) is 19.3 Å². The van der Waals surface area contributed by atoms with E-state index < -0.39 is 40.8 Å². The Bertz CT molecular complexity index is 400. The summed E-state index contributed by atoms with van der Waals surface area (Å²) in [6.45, 7) is 0.382. The third-order valence-electron chi connectivity index (χ3n) is 3.44. The number of methoxy groups -OCH3 is 1. The largest absolute Gasteiger partial charge is 0.389 e. The molecule has 0 radical (unpaired) electrons. The Balaban J connectivity index is 2.62. The van der Waals surface area contributed by atoms with Crippen LogP contribution in [0.4, 0.5) is 13.2 Å². The van der Waals surface area contributed by atoms with Crippen LogP contribution < -0.4 is 5.73 Å². The van der Waals surface area contributed by atoms with Gasteiger partial charge in [-0.1, -0.05) is 0 Å². The van der Waals surface area contributed by atoms with Crippen LogP contribution in [-0.4, -0.2) is 57.0 Å². The number of sulfonamides is 1. The first-order valence-electron chi connectivity index (χ1n) is 6.48. The Kier molecular flexibility index (Phi) is 6.24. The van der Waals surface area contributed by atoms with Crippen molar-refractivity contribution in [2.75, 3.05) is 26.0 Å². The lowest BCUT2D eigenvalue weighted by Crippen LogP contribution is -2.51. The predicted octanol–water partition coefficient (Wildman–Crippen LogP) is 1.10. The fourth-order valence-electron chi connectivity index (χ4n) is 2.36. The molecule has 0 spiro atoms. The SMILES string of the molecule is COC1CCN(S(=O)(=O)CCCC(F)(F)F)C(CN)C1. The molecular weight excluding hydrogens is 297 g/mol. The van der Waals surface area contributed by atoms with Gasteiger partial charge < -0.3 is 10.5 Å². The summed E-state index contributed by atoms with van der Waals surface area (Å²) in [7, 11) is -2.15. The smallest absolute Gasteiger partial charge is 0.381 e. The molecule has 1 rings (SSSR count). The monoisotopic (exact) mass is 318 g/mol. The fraction of sp³-hybridized carbons (Fsp3) is 1.00. The van der Waals surface area contributed by atoms with E-state index in [2.05, 4.69) is 0 Å². The van der Waals surface area contributed by atoms with Gasteiger partial charge in [-0.3, -0.25) is 0 Å². The molecule has 0 bridgehead atoms. The zero-order chi connectivity index (χ0) is 15.4. The normalized spacial score (nSPS) is 25.9. The quantitative estimate of drug-likeness (QED) is 0.796. The second-order valence-electron chi connectivity index (χ2n) is 4.92. The molecule has 2 N–H and O–H groups in total. The second kappa shape index (κ2) is 7.06. The topological polar surface area (TPSA) is 72.6 Å². The van der Waals surface area contributed by atoms with E-state index in [0.29, 0.717) is 12.8 Å². The maximum absolute atomic E-state index is 12.1. The summed E-state index contributed by atoms with van der Waals surface area (Å²) >= 11 is 0. The van der Waals surface area contributed by atoms with Gasteiger partial charge in [-0.2, -0.15) is 17.5 Å². The van der Waals surface area contributed by atoms with Gasteiger partial charge in [0.15, 0.2) is 0 Å². The van der Waals surface area contributed by atoms with Crippen molar-refractivity contribution in [1.29, 1.82) is 0 Å². The molecule has 0 amide bonds. The van der Waals surface area contributed by atoms with Crippen LogP contribution in [-0.2, 0) is 14.8 Å². The molecule has 0 aromatic rings. The zero-order valence-electron chi connectivity index (χ0n) is 11.4. The van der Waals surface area contributed by atoms with Crippen molar-refractivity contribution in [3.8, 4) is 0 Å². The Hall–Kier alpha value is -0.380. The molecule has 0 aromatic heterocycles. The predicted molar refractivity (Wildman–Crippen MR) is 68.7 cm³/mol. The molecule has 2 unspecified atom stereocenters. The lowest BCUT2D eigenvalue weighted by atomic mass is 10.0. The molecule has 1 fully saturated rings. The van der Waals surface area contributed by atoms with Gasteiger partial charge in [0.25, 0.3) is 0 Å². The van der Waals surface area contributed by atoms with Crippen LogP contribution >= 0.6 is 0 Å². The molecule has 1 heterocycles. The summed E-state index contributed by atoms with van der Waals surface area (Å²) in [6, 6.07) is -0.399. The van der Waals surface area contributed by atoms with Gasteiger partial charge in [-0.25, -0.2) is 8.42 Å². The highest BCUT2D eigenvalue weighted by molar-refractivity contribution is 7.89. The van der Waals surface area contributed by atoms with Gasteiger partial charge in [0.2, 0.25) is 10.0 Å². The number of nitrogens with zero attached hydrogens (tertiary/aromatic N) is 1. The molecule has 1 aliphatic rings. The first-order valence-corrected chi connectivity index (χ1v) is 8.09. The van der Waals surface area contributed by atoms with E-state index in [1.165, 1.54) is 4.31 Å². The van der Waals surface area contributed by atoms with E-state index in [0.717, 1.165) is 0 Å². The number of piperidine rings is 1. The minimum absolute atomic E-state index is 0.0508. The van der Waals surface area contributed by atoms with E-state index >= 15 is 0 Å². The van der Waals surface area contributed by atoms with Gasteiger partial charge in [0.05, 0.1) is 11.9 Å². The summed E-state index contributed by atoms with van der Waals surface area (Å²) in [5.41, 5.74) is 5.56. The van der Waals surface area contributed by atoms with Crippen LogP contribution in [0.2, 0.25) is 0 Å².